The first-order valence-corrected chi connectivity index (χ1v) is 6.95. The molecule has 5 unspecified atom stereocenters. The van der Waals surface area contributed by atoms with E-state index in [-0.39, 0.29) is 6.10 Å². The summed E-state index contributed by atoms with van der Waals surface area (Å²) in [6.45, 7) is 0. The molecule has 1 N–H and O–H groups in total. The van der Waals surface area contributed by atoms with Gasteiger partial charge < -0.3 is 5.11 Å². The van der Waals surface area contributed by atoms with Crippen molar-refractivity contribution >= 4 is 11.3 Å². The number of aliphatic hydroxyl groups is 1. The SMILES string of the molecule is OC(c1cccs1)C1C2C3CCC(C3)C21. The predicted octanol–water partition coefficient (Wildman–Crippen LogP) is 3.07. The Bertz CT molecular complexity index is 356. The highest BCUT2D eigenvalue weighted by Gasteiger charge is 2.66. The van der Waals surface area contributed by atoms with E-state index in [2.05, 4.69) is 17.5 Å². The van der Waals surface area contributed by atoms with E-state index < -0.39 is 0 Å². The van der Waals surface area contributed by atoms with Crippen molar-refractivity contribution in [3.8, 4) is 0 Å². The number of thiophene rings is 1. The molecule has 1 aromatic rings. The molecule has 3 aliphatic rings. The van der Waals surface area contributed by atoms with Gasteiger partial charge in [-0.15, -0.1) is 11.3 Å². The fourth-order valence-corrected chi connectivity index (χ4v) is 5.23. The third-order valence-electron chi connectivity index (χ3n) is 4.99. The summed E-state index contributed by atoms with van der Waals surface area (Å²) in [6, 6.07) is 4.14. The number of fused-ring (bicyclic) bond motifs is 5. The Labute approximate surface area is 94.1 Å². The summed E-state index contributed by atoms with van der Waals surface area (Å²) < 4.78 is 0. The number of hydrogen-bond acceptors (Lipinski definition) is 2. The fourth-order valence-electron chi connectivity index (χ4n) is 4.46. The molecule has 0 spiro atoms. The van der Waals surface area contributed by atoms with Crippen LogP contribution in [0.2, 0.25) is 0 Å². The van der Waals surface area contributed by atoms with Crippen LogP contribution in [0.3, 0.4) is 0 Å². The molecule has 0 saturated heterocycles. The van der Waals surface area contributed by atoms with Gasteiger partial charge in [0.2, 0.25) is 0 Å². The highest BCUT2D eigenvalue weighted by molar-refractivity contribution is 7.10. The van der Waals surface area contributed by atoms with Crippen LogP contribution in [0.4, 0.5) is 0 Å². The first-order chi connectivity index (χ1) is 7.36. The van der Waals surface area contributed by atoms with Gasteiger partial charge >= 0.3 is 0 Å². The van der Waals surface area contributed by atoms with Gasteiger partial charge in [-0.3, -0.25) is 0 Å². The van der Waals surface area contributed by atoms with Crippen LogP contribution in [-0.2, 0) is 0 Å². The summed E-state index contributed by atoms with van der Waals surface area (Å²) in [6.07, 6.45) is 4.21. The van der Waals surface area contributed by atoms with Gasteiger partial charge in [-0.25, -0.2) is 0 Å². The van der Waals surface area contributed by atoms with Crippen molar-refractivity contribution in [3.63, 3.8) is 0 Å². The molecular formula is C13H16OS. The van der Waals surface area contributed by atoms with Crippen LogP contribution in [-0.4, -0.2) is 5.11 Å². The van der Waals surface area contributed by atoms with Gasteiger partial charge in [0.1, 0.15) is 0 Å². The van der Waals surface area contributed by atoms with E-state index in [9.17, 15) is 5.11 Å². The Balaban J connectivity index is 1.58. The molecule has 80 valence electrons. The standard InChI is InChI=1S/C13H16OS/c14-13(9-2-1-5-15-9)12-10-7-3-4-8(6-7)11(10)12/h1-2,5,7-8,10-14H,3-4,6H2. The van der Waals surface area contributed by atoms with Crippen molar-refractivity contribution in [2.45, 2.75) is 25.4 Å². The van der Waals surface area contributed by atoms with Crippen LogP contribution in [0.25, 0.3) is 0 Å². The van der Waals surface area contributed by atoms with Gasteiger partial charge in [0.15, 0.2) is 0 Å². The molecule has 5 atom stereocenters. The Morgan fingerprint density at radius 2 is 2.00 bits per heavy atom. The lowest BCUT2D eigenvalue weighted by molar-refractivity contribution is 0.133. The highest BCUT2D eigenvalue weighted by atomic mass is 32.1. The quantitative estimate of drug-likeness (QED) is 0.812. The first kappa shape index (κ1) is 8.77. The van der Waals surface area contributed by atoms with E-state index in [0.29, 0.717) is 5.92 Å². The summed E-state index contributed by atoms with van der Waals surface area (Å²) in [4.78, 5) is 1.19. The van der Waals surface area contributed by atoms with Crippen molar-refractivity contribution < 1.29 is 5.11 Å². The van der Waals surface area contributed by atoms with Crippen molar-refractivity contribution in [1.82, 2.24) is 0 Å². The second kappa shape index (κ2) is 2.86. The van der Waals surface area contributed by atoms with E-state index in [0.717, 1.165) is 23.7 Å². The zero-order chi connectivity index (χ0) is 9.99. The van der Waals surface area contributed by atoms with Gasteiger partial charge in [-0.1, -0.05) is 6.07 Å². The van der Waals surface area contributed by atoms with Crippen molar-refractivity contribution in [3.05, 3.63) is 22.4 Å². The minimum Gasteiger partial charge on any atom is -0.387 e. The third kappa shape index (κ3) is 1.07. The molecule has 4 rings (SSSR count). The van der Waals surface area contributed by atoms with Crippen LogP contribution in [0, 0.1) is 29.6 Å². The second-order valence-electron chi connectivity index (χ2n) is 5.53. The van der Waals surface area contributed by atoms with E-state index in [1.165, 1.54) is 24.1 Å². The lowest BCUT2D eigenvalue weighted by atomic mass is 9.98. The van der Waals surface area contributed by atoms with Gasteiger partial charge in [-0.05, 0) is 60.3 Å². The molecule has 0 amide bonds. The summed E-state index contributed by atoms with van der Waals surface area (Å²) in [5.74, 6) is 4.34. The maximum absolute atomic E-state index is 10.3. The second-order valence-corrected chi connectivity index (χ2v) is 6.50. The van der Waals surface area contributed by atoms with E-state index in [1.54, 1.807) is 11.3 Å². The molecule has 15 heavy (non-hydrogen) atoms. The minimum atomic E-state index is -0.150. The normalized spacial score (nSPS) is 47.9. The molecule has 3 aliphatic carbocycles. The Morgan fingerprint density at radius 3 is 2.60 bits per heavy atom. The smallest absolute Gasteiger partial charge is 0.0915 e. The maximum Gasteiger partial charge on any atom is 0.0915 e. The average molecular weight is 220 g/mol. The molecular weight excluding hydrogens is 204 g/mol. The summed E-state index contributed by atoms with van der Waals surface area (Å²) in [7, 11) is 0. The maximum atomic E-state index is 10.3. The molecule has 2 heteroatoms. The predicted molar refractivity (Wildman–Crippen MR) is 60.6 cm³/mol. The molecule has 0 aliphatic heterocycles. The number of rotatable bonds is 2. The van der Waals surface area contributed by atoms with E-state index >= 15 is 0 Å². The van der Waals surface area contributed by atoms with Gasteiger partial charge in [0.05, 0.1) is 6.10 Å². The lowest BCUT2D eigenvalue weighted by Gasteiger charge is -2.13. The number of aliphatic hydroxyl groups excluding tert-OH is 1. The van der Waals surface area contributed by atoms with Crippen LogP contribution in [0.5, 0.6) is 0 Å². The molecule has 3 fully saturated rings. The zero-order valence-electron chi connectivity index (χ0n) is 8.67. The molecule has 1 nitrogen and oxygen atoms in total. The van der Waals surface area contributed by atoms with Crippen LogP contribution in [0.1, 0.15) is 30.2 Å². The van der Waals surface area contributed by atoms with Crippen molar-refractivity contribution in [2.24, 2.45) is 29.6 Å². The topological polar surface area (TPSA) is 20.2 Å². The van der Waals surface area contributed by atoms with Crippen LogP contribution < -0.4 is 0 Å². The molecule has 0 radical (unpaired) electrons. The Morgan fingerprint density at radius 1 is 1.27 bits per heavy atom. The van der Waals surface area contributed by atoms with E-state index in [1.807, 2.05) is 0 Å². The van der Waals surface area contributed by atoms with E-state index in [4.69, 9.17) is 0 Å². The van der Waals surface area contributed by atoms with Crippen molar-refractivity contribution in [2.75, 3.05) is 0 Å². The fraction of sp³-hybridized carbons (Fsp3) is 0.692. The average Bonchev–Trinajstić information content (AvgIpc) is 2.70. The largest absolute Gasteiger partial charge is 0.387 e. The Kier molecular flexibility index (Phi) is 1.67. The Hall–Kier alpha value is -0.340. The van der Waals surface area contributed by atoms with Crippen molar-refractivity contribution in [1.29, 1.82) is 0 Å². The summed E-state index contributed by atoms with van der Waals surface area (Å²) in [5, 5.41) is 12.4. The molecule has 1 aromatic heterocycles. The molecule has 3 saturated carbocycles. The van der Waals surface area contributed by atoms with Crippen LogP contribution in [0.15, 0.2) is 17.5 Å². The molecule has 1 heterocycles. The van der Waals surface area contributed by atoms with Crippen LogP contribution >= 0.6 is 11.3 Å². The first-order valence-electron chi connectivity index (χ1n) is 6.08. The van der Waals surface area contributed by atoms with Gasteiger partial charge in [-0.2, -0.15) is 0 Å². The third-order valence-corrected chi connectivity index (χ3v) is 5.94. The highest BCUT2D eigenvalue weighted by Crippen LogP contribution is 2.72. The molecule has 0 aromatic carbocycles. The zero-order valence-corrected chi connectivity index (χ0v) is 9.49. The lowest BCUT2D eigenvalue weighted by Crippen LogP contribution is -2.06. The minimum absolute atomic E-state index is 0.150. The monoisotopic (exact) mass is 220 g/mol. The summed E-state index contributed by atoms with van der Waals surface area (Å²) in [5.41, 5.74) is 0. The molecule has 2 bridgehead atoms. The van der Waals surface area contributed by atoms with Gasteiger partial charge in [0, 0.05) is 4.88 Å². The summed E-state index contributed by atoms with van der Waals surface area (Å²) >= 11 is 1.71. The number of hydrogen-bond donors (Lipinski definition) is 1. The van der Waals surface area contributed by atoms with Gasteiger partial charge in [0.25, 0.3) is 0 Å².